The topological polar surface area (TPSA) is 0 Å². The van der Waals surface area contributed by atoms with Crippen LogP contribution < -0.4 is 0 Å². The summed E-state index contributed by atoms with van der Waals surface area (Å²) in [5.41, 5.74) is 0. The summed E-state index contributed by atoms with van der Waals surface area (Å²) in [7, 11) is 0. The SMILES string of the molecule is C.C.CCCCC(C)CCC. The van der Waals surface area contributed by atoms with Gasteiger partial charge >= 0.3 is 0 Å². The summed E-state index contributed by atoms with van der Waals surface area (Å²) in [6.07, 6.45) is 6.98. The Morgan fingerprint density at radius 1 is 0.909 bits per heavy atom. The van der Waals surface area contributed by atoms with Crippen LogP contribution in [0.2, 0.25) is 0 Å². The fourth-order valence-corrected chi connectivity index (χ4v) is 1.19. The van der Waals surface area contributed by atoms with Gasteiger partial charge < -0.3 is 0 Å². The van der Waals surface area contributed by atoms with Crippen LogP contribution in [0.4, 0.5) is 0 Å². The molecule has 0 saturated heterocycles. The van der Waals surface area contributed by atoms with E-state index in [2.05, 4.69) is 20.8 Å². The first kappa shape index (κ1) is 17.2. The fourth-order valence-electron chi connectivity index (χ4n) is 1.19. The van der Waals surface area contributed by atoms with E-state index in [1.807, 2.05) is 0 Å². The van der Waals surface area contributed by atoms with Gasteiger partial charge in [-0.3, -0.25) is 0 Å². The zero-order chi connectivity index (χ0) is 7.11. The average Bonchev–Trinajstić information content (AvgIpc) is 1.85. The van der Waals surface area contributed by atoms with Crippen LogP contribution >= 0.6 is 0 Å². The molecule has 0 N–H and O–H groups in total. The molecule has 0 aliphatic heterocycles. The first-order chi connectivity index (χ1) is 4.31. The molecule has 72 valence electrons. The van der Waals surface area contributed by atoms with E-state index < -0.39 is 0 Å². The summed E-state index contributed by atoms with van der Waals surface area (Å²) in [6.45, 7) is 6.89. The van der Waals surface area contributed by atoms with Crippen LogP contribution in [0.1, 0.15) is 67.7 Å². The number of hydrogen-bond donors (Lipinski definition) is 0. The molecule has 0 amide bonds. The smallest absolute Gasteiger partial charge is 0.0443 e. The van der Waals surface area contributed by atoms with Crippen LogP contribution in [0.15, 0.2) is 0 Å². The molecule has 0 nitrogen and oxygen atoms in total. The van der Waals surface area contributed by atoms with Crippen molar-refractivity contribution in [1.29, 1.82) is 0 Å². The van der Waals surface area contributed by atoms with Crippen molar-refractivity contribution in [2.45, 2.75) is 67.7 Å². The second kappa shape index (κ2) is 12.7. The van der Waals surface area contributed by atoms with Gasteiger partial charge in [0.2, 0.25) is 0 Å². The predicted octanol–water partition coefficient (Wildman–Crippen LogP) is 4.89. The second-order valence-corrected chi connectivity index (χ2v) is 3.04. The Bertz CT molecular complexity index is 48.0. The number of rotatable bonds is 5. The molecule has 0 aliphatic rings. The Morgan fingerprint density at radius 2 is 1.45 bits per heavy atom. The lowest BCUT2D eigenvalue weighted by molar-refractivity contribution is 0.466. The molecule has 0 aromatic carbocycles. The molecular weight excluding hydrogens is 132 g/mol. The molecule has 0 radical (unpaired) electrons. The van der Waals surface area contributed by atoms with Crippen molar-refractivity contribution < 1.29 is 0 Å². The van der Waals surface area contributed by atoms with Crippen molar-refractivity contribution in [3.63, 3.8) is 0 Å². The standard InChI is InChI=1S/C9H20.2CH4/c1-4-6-8-9(3)7-5-2;;/h9H,4-8H2,1-3H3;2*1H4. The van der Waals surface area contributed by atoms with E-state index in [0.29, 0.717) is 0 Å². The van der Waals surface area contributed by atoms with Crippen molar-refractivity contribution in [2.24, 2.45) is 5.92 Å². The molecular formula is C11H28. The van der Waals surface area contributed by atoms with Crippen molar-refractivity contribution in [3.8, 4) is 0 Å². The maximum Gasteiger partial charge on any atom is -0.0443 e. The molecule has 0 heterocycles. The minimum absolute atomic E-state index is 0. The summed E-state index contributed by atoms with van der Waals surface area (Å²) in [4.78, 5) is 0. The summed E-state index contributed by atoms with van der Waals surface area (Å²) >= 11 is 0. The highest BCUT2D eigenvalue weighted by Crippen LogP contribution is 2.12. The van der Waals surface area contributed by atoms with E-state index in [0.717, 1.165) is 5.92 Å². The van der Waals surface area contributed by atoms with E-state index in [9.17, 15) is 0 Å². The monoisotopic (exact) mass is 160 g/mol. The largest absolute Gasteiger partial charge is 0.0776 e. The van der Waals surface area contributed by atoms with Crippen LogP contribution in [0, 0.1) is 5.92 Å². The highest BCUT2D eigenvalue weighted by Gasteiger charge is 1.97. The van der Waals surface area contributed by atoms with Gasteiger partial charge in [0, 0.05) is 0 Å². The molecule has 0 heteroatoms. The third-order valence-electron chi connectivity index (χ3n) is 1.83. The Morgan fingerprint density at radius 3 is 1.82 bits per heavy atom. The Hall–Kier alpha value is 0. The van der Waals surface area contributed by atoms with Crippen molar-refractivity contribution in [2.75, 3.05) is 0 Å². The first-order valence-electron chi connectivity index (χ1n) is 4.31. The highest BCUT2D eigenvalue weighted by atomic mass is 14.0. The lowest BCUT2D eigenvalue weighted by Crippen LogP contribution is -1.92. The van der Waals surface area contributed by atoms with Gasteiger partial charge in [0.1, 0.15) is 0 Å². The molecule has 0 saturated carbocycles. The van der Waals surface area contributed by atoms with Crippen molar-refractivity contribution in [1.82, 2.24) is 0 Å². The fraction of sp³-hybridized carbons (Fsp3) is 1.00. The van der Waals surface area contributed by atoms with Gasteiger partial charge in [-0.15, -0.1) is 0 Å². The third-order valence-corrected chi connectivity index (χ3v) is 1.83. The van der Waals surface area contributed by atoms with Crippen molar-refractivity contribution >= 4 is 0 Å². The van der Waals surface area contributed by atoms with Crippen LogP contribution in [0.3, 0.4) is 0 Å². The zero-order valence-corrected chi connectivity index (χ0v) is 7.11. The number of hydrogen-bond acceptors (Lipinski definition) is 0. The lowest BCUT2D eigenvalue weighted by Gasteiger charge is -2.07. The Kier molecular flexibility index (Phi) is 19.8. The molecule has 1 atom stereocenters. The van der Waals surface area contributed by atoms with E-state index in [4.69, 9.17) is 0 Å². The lowest BCUT2D eigenvalue weighted by atomic mass is 10.00. The summed E-state index contributed by atoms with van der Waals surface area (Å²) < 4.78 is 0. The highest BCUT2D eigenvalue weighted by molar-refractivity contribution is 4.50. The van der Waals surface area contributed by atoms with Crippen molar-refractivity contribution in [3.05, 3.63) is 0 Å². The van der Waals surface area contributed by atoms with Crippen LogP contribution in [-0.4, -0.2) is 0 Å². The van der Waals surface area contributed by atoms with Gasteiger partial charge in [0.15, 0.2) is 0 Å². The van der Waals surface area contributed by atoms with E-state index in [1.165, 1.54) is 32.1 Å². The van der Waals surface area contributed by atoms with E-state index in [-0.39, 0.29) is 14.9 Å². The molecule has 0 rings (SSSR count). The van der Waals surface area contributed by atoms with E-state index >= 15 is 0 Å². The summed E-state index contributed by atoms with van der Waals surface area (Å²) in [5, 5.41) is 0. The second-order valence-electron chi connectivity index (χ2n) is 3.04. The van der Waals surface area contributed by atoms with Gasteiger partial charge in [-0.25, -0.2) is 0 Å². The molecule has 0 aliphatic carbocycles. The maximum absolute atomic E-state index is 2.36. The predicted molar refractivity (Wildman–Crippen MR) is 57.1 cm³/mol. The normalized spacial score (nSPS) is 11.2. The third kappa shape index (κ3) is 13.1. The quantitative estimate of drug-likeness (QED) is 0.537. The van der Waals surface area contributed by atoms with Gasteiger partial charge in [-0.05, 0) is 5.92 Å². The Labute approximate surface area is 74.4 Å². The molecule has 0 fully saturated rings. The van der Waals surface area contributed by atoms with Crippen LogP contribution in [0.25, 0.3) is 0 Å². The zero-order valence-electron chi connectivity index (χ0n) is 7.11. The molecule has 11 heavy (non-hydrogen) atoms. The van der Waals surface area contributed by atoms with E-state index in [1.54, 1.807) is 0 Å². The summed E-state index contributed by atoms with van der Waals surface area (Å²) in [5.74, 6) is 0.968. The van der Waals surface area contributed by atoms with Crippen LogP contribution in [0.5, 0.6) is 0 Å². The maximum atomic E-state index is 2.36. The molecule has 0 aromatic rings. The van der Waals surface area contributed by atoms with Crippen LogP contribution in [-0.2, 0) is 0 Å². The number of unbranched alkanes of at least 4 members (excludes halogenated alkanes) is 1. The van der Waals surface area contributed by atoms with Gasteiger partial charge in [-0.2, -0.15) is 0 Å². The Balaban J connectivity index is -0.000000320. The van der Waals surface area contributed by atoms with Gasteiger partial charge in [-0.1, -0.05) is 67.7 Å². The molecule has 0 bridgehead atoms. The first-order valence-corrected chi connectivity index (χ1v) is 4.31. The average molecular weight is 160 g/mol. The molecule has 0 aromatic heterocycles. The van der Waals surface area contributed by atoms with Gasteiger partial charge in [0.05, 0.1) is 0 Å². The summed E-state index contributed by atoms with van der Waals surface area (Å²) in [6, 6.07) is 0. The minimum atomic E-state index is 0. The molecule has 0 spiro atoms. The minimum Gasteiger partial charge on any atom is -0.0776 e. The van der Waals surface area contributed by atoms with Gasteiger partial charge in [0.25, 0.3) is 0 Å². The molecule has 1 unspecified atom stereocenters.